The molecule has 1 saturated heterocycles. The predicted molar refractivity (Wildman–Crippen MR) is 128 cm³/mol. The summed E-state index contributed by atoms with van der Waals surface area (Å²) in [5, 5.41) is 3.31. The summed E-state index contributed by atoms with van der Waals surface area (Å²) in [6.07, 6.45) is 15.3. The van der Waals surface area contributed by atoms with Crippen molar-refractivity contribution in [2.24, 2.45) is 4.99 Å². The van der Waals surface area contributed by atoms with E-state index in [0.717, 1.165) is 61.3 Å². The lowest BCUT2D eigenvalue weighted by Gasteiger charge is -2.44. The molecule has 8 heteroatoms. The van der Waals surface area contributed by atoms with Crippen LogP contribution in [0.3, 0.4) is 0 Å². The second-order valence-electron chi connectivity index (χ2n) is 9.43. The third-order valence-corrected chi connectivity index (χ3v) is 7.35. The van der Waals surface area contributed by atoms with E-state index < -0.39 is 0 Å². The highest BCUT2D eigenvalue weighted by molar-refractivity contribution is 5.91. The fourth-order valence-corrected chi connectivity index (χ4v) is 5.46. The summed E-state index contributed by atoms with van der Waals surface area (Å²) in [5.74, 6) is 3.35. The highest BCUT2D eigenvalue weighted by atomic mass is 15.4. The summed E-state index contributed by atoms with van der Waals surface area (Å²) in [7, 11) is 2.17. The zero-order valence-corrected chi connectivity index (χ0v) is 18.7. The maximum Gasteiger partial charge on any atom is 0.230 e. The maximum atomic E-state index is 4.94. The lowest BCUT2D eigenvalue weighted by Crippen LogP contribution is -2.47. The van der Waals surface area contributed by atoms with Crippen LogP contribution in [0.25, 0.3) is 0 Å². The minimum atomic E-state index is 0.133. The first-order valence-corrected chi connectivity index (χ1v) is 11.8. The molecule has 4 aliphatic rings. The minimum absolute atomic E-state index is 0.133. The van der Waals surface area contributed by atoms with E-state index in [-0.39, 0.29) is 5.54 Å². The van der Waals surface area contributed by atoms with E-state index in [0.29, 0.717) is 5.95 Å². The van der Waals surface area contributed by atoms with Gasteiger partial charge in [0.05, 0.1) is 23.0 Å². The molecule has 2 aromatic heterocycles. The van der Waals surface area contributed by atoms with Gasteiger partial charge in [0, 0.05) is 38.6 Å². The van der Waals surface area contributed by atoms with Crippen molar-refractivity contribution in [2.75, 3.05) is 48.3 Å². The first-order valence-electron chi connectivity index (χ1n) is 11.8. The molecular weight excluding hydrogens is 400 g/mol. The van der Waals surface area contributed by atoms with Crippen molar-refractivity contribution in [3.63, 3.8) is 0 Å². The number of likely N-dealkylation sites (N-methyl/N-ethyl adjacent to an activating group) is 1. The molecule has 166 valence electrons. The molecule has 5 heterocycles. The van der Waals surface area contributed by atoms with Gasteiger partial charge in [0.2, 0.25) is 5.95 Å². The van der Waals surface area contributed by atoms with Gasteiger partial charge in [-0.3, -0.25) is 0 Å². The molecule has 2 fully saturated rings. The van der Waals surface area contributed by atoms with E-state index in [1.807, 2.05) is 24.7 Å². The number of piperazine rings is 1. The van der Waals surface area contributed by atoms with Gasteiger partial charge in [0.15, 0.2) is 0 Å². The van der Waals surface area contributed by atoms with Gasteiger partial charge in [0.1, 0.15) is 17.5 Å². The van der Waals surface area contributed by atoms with Crippen LogP contribution < -0.4 is 15.1 Å². The predicted octanol–water partition coefficient (Wildman–Crippen LogP) is 3.55. The van der Waals surface area contributed by atoms with Gasteiger partial charge >= 0.3 is 0 Å². The van der Waals surface area contributed by atoms with Crippen molar-refractivity contribution < 1.29 is 0 Å². The average molecular weight is 431 g/mol. The van der Waals surface area contributed by atoms with E-state index in [1.165, 1.54) is 32.1 Å². The van der Waals surface area contributed by atoms with Crippen LogP contribution in [0.5, 0.6) is 0 Å². The Morgan fingerprint density at radius 2 is 1.81 bits per heavy atom. The van der Waals surface area contributed by atoms with Crippen LogP contribution in [-0.4, -0.2) is 64.8 Å². The van der Waals surface area contributed by atoms with Crippen LogP contribution in [0.15, 0.2) is 41.4 Å². The number of aliphatic imine (C=N–C) groups is 1. The van der Waals surface area contributed by atoms with Crippen LogP contribution in [0, 0.1) is 0 Å². The zero-order valence-electron chi connectivity index (χ0n) is 18.7. The number of fused-ring (bicyclic) bond motifs is 4. The van der Waals surface area contributed by atoms with Gasteiger partial charge in [-0.2, -0.15) is 4.98 Å². The highest BCUT2D eigenvalue weighted by Gasteiger charge is 2.45. The van der Waals surface area contributed by atoms with Crippen molar-refractivity contribution in [2.45, 2.75) is 44.1 Å². The van der Waals surface area contributed by atoms with Crippen molar-refractivity contribution in [1.29, 1.82) is 0 Å². The van der Waals surface area contributed by atoms with Crippen LogP contribution in [0.1, 0.15) is 44.1 Å². The Kier molecular flexibility index (Phi) is 4.82. The Bertz CT molecular complexity index is 1050. The molecule has 32 heavy (non-hydrogen) atoms. The molecule has 1 saturated carbocycles. The van der Waals surface area contributed by atoms with E-state index in [2.05, 4.69) is 49.2 Å². The quantitative estimate of drug-likeness (QED) is 0.798. The van der Waals surface area contributed by atoms with Gasteiger partial charge in [-0.1, -0.05) is 19.3 Å². The van der Waals surface area contributed by atoms with Gasteiger partial charge in [-0.25, -0.2) is 15.0 Å². The fourth-order valence-electron chi connectivity index (χ4n) is 5.46. The summed E-state index contributed by atoms with van der Waals surface area (Å²) >= 11 is 0. The summed E-state index contributed by atoms with van der Waals surface area (Å²) < 4.78 is 0. The molecule has 0 aromatic carbocycles. The number of hydrogen-bond donors (Lipinski definition) is 1. The topological polar surface area (TPSA) is 72.8 Å². The molecule has 0 radical (unpaired) electrons. The summed E-state index contributed by atoms with van der Waals surface area (Å²) in [6, 6.07) is 4.14. The molecule has 0 bridgehead atoms. The Morgan fingerprint density at radius 1 is 0.969 bits per heavy atom. The van der Waals surface area contributed by atoms with Gasteiger partial charge < -0.3 is 20.0 Å². The number of aromatic nitrogens is 3. The maximum absolute atomic E-state index is 4.94. The molecule has 0 unspecified atom stereocenters. The van der Waals surface area contributed by atoms with Gasteiger partial charge in [0.25, 0.3) is 0 Å². The number of nitrogens with one attached hydrogen (secondary N) is 1. The van der Waals surface area contributed by atoms with Crippen LogP contribution in [0.2, 0.25) is 0 Å². The molecule has 3 aliphatic heterocycles. The molecule has 8 nitrogen and oxygen atoms in total. The number of anilines is 4. The first kappa shape index (κ1) is 19.7. The Labute approximate surface area is 189 Å². The van der Waals surface area contributed by atoms with Gasteiger partial charge in [-0.15, -0.1) is 0 Å². The van der Waals surface area contributed by atoms with Crippen molar-refractivity contribution >= 4 is 29.5 Å². The third kappa shape index (κ3) is 3.43. The summed E-state index contributed by atoms with van der Waals surface area (Å²) in [6.45, 7) is 4.24. The minimum Gasteiger partial charge on any atom is -0.368 e. The number of rotatable bonds is 3. The Morgan fingerprint density at radius 3 is 2.59 bits per heavy atom. The molecule has 0 atom stereocenters. The van der Waals surface area contributed by atoms with Crippen LogP contribution in [0.4, 0.5) is 23.3 Å². The summed E-state index contributed by atoms with van der Waals surface area (Å²) in [4.78, 5) is 25.9. The molecule has 0 amide bonds. The number of hydrogen-bond acceptors (Lipinski definition) is 8. The second kappa shape index (κ2) is 7.85. The van der Waals surface area contributed by atoms with E-state index in [9.17, 15) is 0 Å². The monoisotopic (exact) mass is 430 g/mol. The smallest absolute Gasteiger partial charge is 0.230 e. The Balaban J connectivity index is 1.23. The number of pyridine rings is 1. The molecular formula is C24H30N8. The van der Waals surface area contributed by atoms with Crippen molar-refractivity contribution in [1.82, 2.24) is 19.9 Å². The van der Waals surface area contributed by atoms with Crippen LogP contribution in [-0.2, 0) is 0 Å². The zero-order chi connectivity index (χ0) is 21.5. The normalized spacial score (nSPS) is 22.0. The second-order valence-corrected chi connectivity index (χ2v) is 9.43. The molecule has 6 rings (SSSR count). The fraction of sp³-hybridized carbons (Fsp3) is 0.500. The first-order chi connectivity index (χ1) is 15.7. The van der Waals surface area contributed by atoms with E-state index >= 15 is 0 Å². The summed E-state index contributed by atoms with van der Waals surface area (Å²) in [5.41, 5.74) is 2.28. The van der Waals surface area contributed by atoms with Gasteiger partial charge in [-0.05, 0) is 44.5 Å². The van der Waals surface area contributed by atoms with Crippen molar-refractivity contribution in [3.05, 3.63) is 42.0 Å². The average Bonchev–Trinajstić information content (AvgIpc) is 3.19. The Hall–Kier alpha value is -3.00. The molecule has 2 aromatic rings. The third-order valence-electron chi connectivity index (χ3n) is 7.35. The van der Waals surface area contributed by atoms with E-state index in [4.69, 9.17) is 9.98 Å². The number of nitrogens with zero attached hydrogens (tertiary/aromatic N) is 7. The van der Waals surface area contributed by atoms with Crippen LogP contribution >= 0.6 is 0 Å². The molecule has 1 N–H and O–H groups in total. The molecule has 1 spiro atoms. The standard InChI is InChI=1S/C24H30N8/c1-30-11-13-31(14-12-30)19-5-6-20(25-17-19)28-23-27-16-18-15-26-21-7-10-24(8-3-2-4-9-24)32(21)22(18)29-23/h5-7,15-17H,2-4,8-14H2,1H3,(H,25,27,28,29). The van der Waals surface area contributed by atoms with E-state index in [1.54, 1.807) is 0 Å². The highest BCUT2D eigenvalue weighted by Crippen LogP contribution is 2.47. The lowest BCUT2D eigenvalue weighted by atomic mass is 9.79. The molecule has 1 aliphatic carbocycles. The lowest BCUT2D eigenvalue weighted by molar-refractivity contribution is 0.299. The van der Waals surface area contributed by atoms with Crippen molar-refractivity contribution in [3.8, 4) is 0 Å². The SMILES string of the molecule is CN1CCN(c2ccc(Nc3ncc4c(n3)N3C(=CCC35CCCCC5)N=C4)nc2)CC1. The largest absolute Gasteiger partial charge is 0.368 e.